The van der Waals surface area contributed by atoms with E-state index in [4.69, 9.17) is 4.42 Å². The van der Waals surface area contributed by atoms with Gasteiger partial charge in [0.05, 0.1) is 5.36 Å². The fourth-order valence-electron chi connectivity index (χ4n) is 3.60. The third-order valence-electron chi connectivity index (χ3n) is 4.85. The van der Waals surface area contributed by atoms with E-state index in [0.29, 0.717) is 0 Å². The quantitative estimate of drug-likeness (QED) is 0.428. The van der Waals surface area contributed by atoms with E-state index in [1.54, 1.807) is 11.3 Å². The molecule has 0 amide bonds. The van der Waals surface area contributed by atoms with Crippen LogP contribution in [-0.4, -0.2) is 13.1 Å². The first-order chi connectivity index (χ1) is 13.1. The van der Waals surface area contributed by atoms with Crippen molar-refractivity contribution in [3.05, 3.63) is 58.3 Å². The lowest BCUT2D eigenvalue weighted by Crippen LogP contribution is -2.09. The van der Waals surface area contributed by atoms with Crippen LogP contribution in [0.25, 0.3) is 32.7 Å². The third-order valence-corrected chi connectivity index (χ3v) is 5.73. The highest BCUT2D eigenvalue weighted by atomic mass is 32.1. The van der Waals surface area contributed by atoms with Crippen LogP contribution in [-0.2, 0) is 0 Å². The smallest absolute Gasteiger partial charge is 0.137 e. The van der Waals surface area contributed by atoms with Crippen molar-refractivity contribution in [2.75, 3.05) is 18.4 Å². The van der Waals surface area contributed by atoms with E-state index in [9.17, 15) is 0 Å². The van der Waals surface area contributed by atoms with E-state index >= 15 is 0 Å². The minimum atomic E-state index is 0.765. The molecule has 2 aliphatic rings. The van der Waals surface area contributed by atoms with E-state index in [-0.39, 0.29) is 0 Å². The van der Waals surface area contributed by atoms with Crippen molar-refractivity contribution in [3.8, 4) is 21.8 Å². The van der Waals surface area contributed by atoms with Crippen LogP contribution in [0.4, 0.5) is 5.69 Å². The summed E-state index contributed by atoms with van der Waals surface area (Å²) in [6, 6.07) is 13.0. The highest BCUT2D eigenvalue weighted by Crippen LogP contribution is 2.43. The Morgan fingerprint density at radius 3 is 2.63 bits per heavy atom. The van der Waals surface area contributed by atoms with Crippen molar-refractivity contribution in [3.63, 3.8) is 0 Å². The Labute approximate surface area is 163 Å². The number of anilines is 1. The van der Waals surface area contributed by atoms with Crippen molar-refractivity contribution < 1.29 is 4.42 Å². The number of benzene rings is 2. The summed E-state index contributed by atoms with van der Waals surface area (Å²) in [6.07, 6.45) is 0. The summed E-state index contributed by atoms with van der Waals surface area (Å²) in [5.74, 6) is 0.884. The number of fused-ring (bicyclic) bond motifs is 2. The minimum Gasteiger partial charge on any atom is -0.456 e. The first-order valence-electron chi connectivity index (χ1n) is 9.42. The Hall–Kier alpha value is -2.59. The Morgan fingerprint density at radius 1 is 1.07 bits per heavy atom. The fraction of sp³-hybridized carbons (Fsp3) is 0.261. The van der Waals surface area contributed by atoms with Crippen molar-refractivity contribution in [1.82, 2.24) is 0 Å². The molecule has 0 saturated carbocycles. The summed E-state index contributed by atoms with van der Waals surface area (Å²) in [7, 11) is 0. The highest BCUT2D eigenvalue weighted by molar-refractivity contribution is 7.13. The number of nitrogens with one attached hydrogen (secondary N) is 1. The second kappa shape index (κ2) is 7.20. The van der Waals surface area contributed by atoms with E-state index in [1.807, 2.05) is 0 Å². The van der Waals surface area contributed by atoms with Crippen molar-refractivity contribution >= 4 is 28.0 Å². The number of nitrogens with zero attached hydrogens (tertiary/aromatic N) is 1. The van der Waals surface area contributed by atoms with Crippen molar-refractivity contribution in [2.45, 2.75) is 27.7 Å². The molecule has 0 atom stereocenters. The molecule has 1 N–H and O–H groups in total. The molecule has 2 aromatic rings. The largest absolute Gasteiger partial charge is 0.456 e. The van der Waals surface area contributed by atoms with E-state index < -0.39 is 0 Å². The maximum Gasteiger partial charge on any atom is 0.137 e. The van der Waals surface area contributed by atoms with Crippen LogP contribution in [0.2, 0.25) is 0 Å². The summed E-state index contributed by atoms with van der Waals surface area (Å²) >= 11 is 1.77. The van der Waals surface area contributed by atoms with Gasteiger partial charge in [0.15, 0.2) is 0 Å². The predicted molar refractivity (Wildman–Crippen MR) is 116 cm³/mol. The van der Waals surface area contributed by atoms with Gasteiger partial charge in [-0.05, 0) is 62.4 Å². The zero-order chi connectivity index (χ0) is 19.0. The molecule has 1 aliphatic carbocycles. The Morgan fingerprint density at radius 2 is 1.93 bits per heavy atom. The van der Waals surface area contributed by atoms with Gasteiger partial charge in [-0.1, -0.05) is 6.07 Å². The standard InChI is InChI=1S/C23H24N2OS/c1-5-24-18-12-20-16(10-14(18)3)23(22-8-7-9-27-22)17-11-15(4)19(25-6-2)13-21(17)26-20/h7-13,24H,5-6H2,1-4H3. The van der Waals surface area contributed by atoms with Gasteiger partial charge < -0.3 is 9.73 Å². The van der Waals surface area contributed by atoms with E-state index in [2.05, 4.69) is 79.8 Å². The average Bonchev–Trinajstić information content (AvgIpc) is 3.16. The van der Waals surface area contributed by atoms with Gasteiger partial charge >= 0.3 is 0 Å². The van der Waals surface area contributed by atoms with Crippen LogP contribution in [0.5, 0.6) is 0 Å². The first kappa shape index (κ1) is 17.8. The van der Waals surface area contributed by atoms with Crippen LogP contribution in [0, 0.1) is 13.8 Å². The lowest BCUT2D eigenvalue weighted by molar-refractivity contribution is 0.618. The van der Waals surface area contributed by atoms with Gasteiger partial charge in [0.2, 0.25) is 0 Å². The molecule has 2 heterocycles. The van der Waals surface area contributed by atoms with Crippen LogP contribution in [0.15, 0.2) is 51.2 Å². The molecule has 27 heavy (non-hydrogen) atoms. The monoisotopic (exact) mass is 376 g/mol. The molecule has 4 heteroatoms. The van der Waals surface area contributed by atoms with Crippen LogP contribution in [0.3, 0.4) is 0 Å². The summed E-state index contributed by atoms with van der Waals surface area (Å²) in [5.41, 5.74) is 6.82. The normalized spacial score (nSPS) is 12.2. The number of hydrogen-bond donors (Lipinski definition) is 1. The van der Waals surface area contributed by atoms with Gasteiger partial charge in [0, 0.05) is 52.3 Å². The highest BCUT2D eigenvalue weighted by Gasteiger charge is 2.19. The first-order valence-corrected chi connectivity index (χ1v) is 10.3. The SMILES string of the molecule is CCN=c1cc2oc3cc(NCC)c(C)cc3c(-c3cccs3)c-2cc1C. The number of thiophene rings is 1. The Balaban J connectivity index is 2.14. The predicted octanol–water partition coefficient (Wildman–Crippen LogP) is 6.24. The van der Waals surface area contributed by atoms with Gasteiger partial charge in [0.25, 0.3) is 0 Å². The number of aryl methyl sites for hydroxylation is 2. The number of rotatable bonds is 4. The maximum atomic E-state index is 6.37. The molecular weight excluding hydrogens is 352 g/mol. The molecule has 0 fully saturated rings. The second-order valence-electron chi connectivity index (χ2n) is 6.76. The molecule has 1 aromatic heterocycles. The van der Waals surface area contributed by atoms with E-state index in [1.165, 1.54) is 21.6 Å². The van der Waals surface area contributed by atoms with Gasteiger partial charge in [-0.25, -0.2) is 0 Å². The molecule has 1 aromatic carbocycles. The lowest BCUT2D eigenvalue weighted by atomic mass is 9.95. The van der Waals surface area contributed by atoms with Gasteiger partial charge in [-0.2, -0.15) is 0 Å². The molecular formula is C23H24N2OS. The zero-order valence-corrected chi connectivity index (χ0v) is 17.0. The van der Waals surface area contributed by atoms with Crippen LogP contribution < -0.4 is 10.7 Å². The third kappa shape index (κ3) is 3.15. The molecule has 0 unspecified atom stereocenters. The molecule has 0 saturated heterocycles. The van der Waals surface area contributed by atoms with Gasteiger partial charge in [-0.15, -0.1) is 11.3 Å². The summed E-state index contributed by atoms with van der Waals surface area (Å²) < 4.78 is 6.37. The molecule has 0 radical (unpaired) electrons. The van der Waals surface area contributed by atoms with Crippen molar-refractivity contribution in [2.24, 2.45) is 4.99 Å². The fourth-order valence-corrected chi connectivity index (χ4v) is 4.40. The minimum absolute atomic E-state index is 0.765. The lowest BCUT2D eigenvalue weighted by Gasteiger charge is -2.17. The molecule has 3 nitrogen and oxygen atoms in total. The second-order valence-corrected chi connectivity index (χ2v) is 7.70. The summed E-state index contributed by atoms with van der Waals surface area (Å²) in [6.45, 7) is 10.1. The molecule has 138 valence electrons. The number of hydrogen-bond acceptors (Lipinski definition) is 4. The molecule has 0 spiro atoms. The Kier molecular flexibility index (Phi) is 4.75. The summed E-state index contributed by atoms with van der Waals surface area (Å²) in [4.78, 5) is 5.88. The molecule has 0 bridgehead atoms. The topological polar surface area (TPSA) is 37.5 Å². The molecule has 1 aliphatic heterocycles. The van der Waals surface area contributed by atoms with Crippen LogP contribution in [0.1, 0.15) is 25.0 Å². The van der Waals surface area contributed by atoms with Crippen molar-refractivity contribution in [1.29, 1.82) is 0 Å². The molecule has 4 rings (SSSR count). The zero-order valence-electron chi connectivity index (χ0n) is 16.2. The average molecular weight is 377 g/mol. The maximum absolute atomic E-state index is 6.37. The summed E-state index contributed by atoms with van der Waals surface area (Å²) in [5, 5.41) is 7.72. The van der Waals surface area contributed by atoms with Gasteiger partial charge in [0.1, 0.15) is 11.3 Å². The van der Waals surface area contributed by atoms with Crippen LogP contribution >= 0.6 is 11.3 Å². The van der Waals surface area contributed by atoms with E-state index in [0.717, 1.165) is 46.4 Å². The van der Waals surface area contributed by atoms with Gasteiger partial charge in [-0.3, -0.25) is 4.99 Å². The Bertz CT molecular complexity index is 1140.